The fourth-order valence-corrected chi connectivity index (χ4v) is 2.90. The Balaban J connectivity index is 2.52. The minimum absolute atomic E-state index is 0.127. The predicted octanol–water partition coefficient (Wildman–Crippen LogP) is 4.17. The van der Waals surface area contributed by atoms with E-state index in [1.54, 1.807) is 0 Å². The molecule has 1 unspecified atom stereocenters. The summed E-state index contributed by atoms with van der Waals surface area (Å²) >= 11 is 1.50. The van der Waals surface area contributed by atoms with Crippen LogP contribution in [0.1, 0.15) is 29.7 Å². The van der Waals surface area contributed by atoms with E-state index in [4.69, 9.17) is 0 Å². The van der Waals surface area contributed by atoms with Crippen molar-refractivity contribution in [2.75, 3.05) is 6.54 Å². The van der Waals surface area contributed by atoms with E-state index in [9.17, 15) is 13.2 Å². The molecular formula is C14H14F3NS. The van der Waals surface area contributed by atoms with Gasteiger partial charge < -0.3 is 5.32 Å². The van der Waals surface area contributed by atoms with Crippen LogP contribution >= 0.6 is 11.3 Å². The number of nitrogens with one attached hydrogen (secondary N) is 1. The fourth-order valence-electron chi connectivity index (χ4n) is 2.02. The monoisotopic (exact) mass is 285 g/mol. The van der Waals surface area contributed by atoms with Gasteiger partial charge in [0.1, 0.15) is 0 Å². The van der Waals surface area contributed by atoms with E-state index >= 15 is 0 Å². The van der Waals surface area contributed by atoms with Crippen molar-refractivity contribution in [2.45, 2.75) is 19.9 Å². The van der Waals surface area contributed by atoms with E-state index in [1.165, 1.54) is 17.4 Å². The number of halogens is 3. The van der Waals surface area contributed by atoms with Crippen LogP contribution in [-0.4, -0.2) is 6.54 Å². The second-order valence-electron chi connectivity index (χ2n) is 4.27. The van der Waals surface area contributed by atoms with Crippen molar-refractivity contribution in [3.8, 4) is 0 Å². The largest absolute Gasteiger partial charge is 0.306 e. The van der Waals surface area contributed by atoms with Crippen LogP contribution in [0.3, 0.4) is 0 Å². The SMILES string of the molecule is CCNC(c1cscc1C)c1ccc(F)c(F)c1F. The summed E-state index contributed by atoms with van der Waals surface area (Å²) in [5.41, 5.74) is 2.01. The van der Waals surface area contributed by atoms with Crippen molar-refractivity contribution in [2.24, 2.45) is 0 Å². The third-order valence-electron chi connectivity index (χ3n) is 2.99. The highest BCUT2D eigenvalue weighted by Crippen LogP contribution is 2.30. The Kier molecular flexibility index (Phi) is 4.27. The summed E-state index contributed by atoms with van der Waals surface area (Å²) in [7, 11) is 0. The van der Waals surface area contributed by atoms with Gasteiger partial charge in [-0.3, -0.25) is 0 Å². The maximum Gasteiger partial charge on any atom is 0.194 e. The fraction of sp³-hybridized carbons (Fsp3) is 0.286. The molecule has 0 aliphatic carbocycles. The van der Waals surface area contributed by atoms with Crippen LogP contribution in [-0.2, 0) is 0 Å². The first kappa shape index (κ1) is 14.1. The number of hydrogen-bond acceptors (Lipinski definition) is 2. The molecule has 0 spiro atoms. The van der Waals surface area contributed by atoms with Crippen molar-refractivity contribution in [3.05, 3.63) is 57.0 Å². The Bertz CT molecular complexity index is 580. The van der Waals surface area contributed by atoms with Crippen LogP contribution in [0.2, 0.25) is 0 Å². The van der Waals surface area contributed by atoms with E-state index < -0.39 is 23.5 Å². The van der Waals surface area contributed by atoms with E-state index in [1.807, 2.05) is 24.6 Å². The number of hydrogen-bond donors (Lipinski definition) is 1. The molecule has 0 radical (unpaired) electrons. The van der Waals surface area contributed by atoms with Gasteiger partial charge in [0.05, 0.1) is 6.04 Å². The second kappa shape index (κ2) is 5.75. The highest BCUT2D eigenvalue weighted by atomic mass is 32.1. The zero-order valence-electron chi connectivity index (χ0n) is 10.6. The Labute approximate surface area is 114 Å². The lowest BCUT2D eigenvalue weighted by Gasteiger charge is -2.19. The molecule has 0 saturated carbocycles. The summed E-state index contributed by atoms with van der Waals surface area (Å²) in [5.74, 6) is -3.72. The van der Waals surface area contributed by atoms with E-state index in [2.05, 4.69) is 5.32 Å². The first-order valence-electron chi connectivity index (χ1n) is 5.95. The van der Waals surface area contributed by atoms with E-state index in [-0.39, 0.29) is 5.56 Å². The highest BCUT2D eigenvalue weighted by molar-refractivity contribution is 7.08. The molecular weight excluding hydrogens is 271 g/mol. The molecule has 1 atom stereocenters. The first-order valence-corrected chi connectivity index (χ1v) is 6.90. The van der Waals surface area contributed by atoms with Gasteiger partial charge in [-0.05, 0) is 41.4 Å². The molecule has 1 N–H and O–H groups in total. The summed E-state index contributed by atoms with van der Waals surface area (Å²) in [6.45, 7) is 4.39. The van der Waals surface area contributed by atoms with Gasteiger partial charge >= 0.3 is 0 Å². The smallest absolute Gasteiger partial charge is 0.194 e. The van der Waals surface area contributed by atoms with E-state index in [0.717, 1.165) is 17.2 Å². The average Bonchev–Trinajstić information content (AvgIpc) is 2.80. The van der Waals surface area contributed by atoms with Gasteiger partial charge in [-0.25, -0.2) is 13.2 Å². The van der Waals surface area contributed by atoms with Gasteiger partial charge in [0.25, 0.3) is 0 Å². The van der Waals surface area contributed by atoms with Crippen LogP contribution < -0.4 is 5.32 Å². The van der Waals surface area contributed by atoms with Crippen molar-refractivity contribution >= 4 is 11.3 Å². The molecule has 1 nitrogen and oxygen atoms in total. The van der Waals surface area contributed by atoms with Crippen molar-refractivity contribution in [3.63, 3.8) is 0 Å². The number of aryl methyl sites for hydroxylation is 1. The maximum absolute atomic E-state index is 13.9. The molecule has 1 heterocycles. The number of benzene rings is 1. The summed E-state index contributed by atoms with van der Waals surface area (Å²) in [5, 5.41) is 6.94. The molecule has 0 amide bonds. The Morgan fingerprint density at radius 2 is 1.84 bits per heavy atom. The molecule has 5 heteroatoms. The minimum Gasteiger partial charge on any atom is -0.306 e. The first-order chi connectivity index (χ1) is 9.06. The molecule has 0 fully saturated rings. The lowest BCUT2D eigenvalue weighted by atomic mass is 9.97. The second-order valence-corrected chi connectivity index (χ2v) is 5.01. The summed E-state index contributed by atoms with van der Waals surface area (Å²) in [4.78, 5) is 0. The molecule has 2 aromatic rings. The molecule has 2 rings (SSSR count). The molecule has 102 valence electrons. The molecule has 1 aromatic carbocycles. The quantitative estimate of drug-likeness (QED) is 0.831. The van der Waals surface area contributed by atoms with Crippen LogP contribution in [0.5, 0.6) is 0 Å². The third kappa shape index (κ3) is 2.67. The molecule has 1 aromatic heterocycles. The van der Waals surface area contributed by atoms with Gasteiger partial charge in [0, 0.05) is 5.56 Å². The molecule has 0 aliphatic heterocycles. The molecule has 0 bridgehead atoms. The van der Waals surface area contributed by atoms with Crippen LogP contribution in [0, 0.1) is 24.4 Å². The van der Waals surface area contributed by atoms with Crippen molar-refractivity contribution in [1.82, 2.24) is 5.32 Å². The minimum atomic E-state index is -1.42. The van der Waals surface area contributed by atoms with Crippen LogP contribution in [0.4, 0.5) is 13.2 Å². The zero-order valence-corrected chi connectivity index (χ0v) is 11.5. The molecule has 0 aliphatic rings. The predicted molar refractivity (Wildman–Crippen MR) is 70.9 cm³/mol. The van der Waals surface area contributed by atoms with Crippen LogP contribution in [0.15, 0.2) is 22.9 Å². The topological polar surface area (TPSA) is 12.0 Å². The van der Waals surface area contributed by atoms with Crippen molar-refractivity contribution < 1.29 is 13.2 Å². The van der Waals surface area contributed by atoms with E-state index in [0.29, 0.717) is 6.54 Å². The third-order valence-corrected chi connectivity index (χ3v) is 3.87. The van der Waals surface area contributed by atoms with Gasteiger partial charge in [-0.15, -0.1) is 0 Å². The summed E-state index contributed by atoms with van der Waals surface area (Å²) < 4.78 is 40.3. The summed E-state index contributed by atoms with van der Waals surface area (Å²) in [6, 6.07) is 1.78. The normalized spacial score (nSPS) is 12.7. The molecule has 0 saturated heterocycles. The standard InChI is InChI=1S/C14H14F3NS/c1-3-18-14(10-7-19-6-8(10)2)9-4-5-11(15)13(17)12(9)16/h4-7,14,18H,3H2,1-2H3. The van der Waals surface area contributed by atoms with Crippen LogP contribution in [0.25, 0.3) is 0 Å². The van der Waals surface area contributed by atoms with Crippen molar-refractivity contribution in [1.29, 1.82) is 0 Å². The zero-order chi connectivity index (χ0) is 14.0. The molecule has 19 heavy (non-hydrogen) atoms. The lowest BCUT2D eigenvalue weighted by molar-refractivity contribution is 0.433. The Hall–Kier alpha value is -1.33. The summed E-state index contributed by atoms with van der Waals surface area (Å²) in [6.07, 6.45) is 0. The Morgan fingerprint density at radius 1 is 1.11 bits per heavy atom. The number of rotatable bonds is 4. The van der Waals surface area contributed by atoms with Gasteiger partial charge in [0.15, 0.2) is 17.5 Å². The van der Waals surface area contributed by atoms with Gasteiger partial charge in [-0.1, -0.05) is 13.0 Å². The van der Waals surface area contributed by atoms with Gasteiger partial charge in [0.2, 0.25) is 0 Å². The maximum atomic E-state index is 13.9. The highest BCUT2D eigenvalue weighted by Gasteiger charge is 2.23. The average molecular weight is 285 g/mol. The number of thiophene rings is 1. The lowest BCUT2D eigenvalue weighted by Crippen LogP contribution is -2.23. The van der Waals surface area contributed by atoms with Gasteiger partial charge in [-0.2, -0.15) is 11.3 Å². The Morgan fingerprint density at radius 3 is 2.42 bits per heavy atom.